The molecule has 1 atom stereocenters. The molecule has 0 fully saturated rings. The van der Waals surface area contributed by atoms with Gasteiger partial charge in [0.1, 0.15) is 12.1 Å². The Morgan fingerprint density at radius 2 is 2.16 bits per heavy atom. The van der Waals surface area contributed by atoms with Crippen molar-refractivity contribution in [3.63, 3.8) is 0 Å². The van der Waals surface area contributed by atoms with Crippen LogP contribution < -0.4 is 5.32 Å². The van der Waals surface area contributed by atoms with E-state index in [1.807, 2.05) is 11.3 Å². The van der Waals surface area contributed by atoms with Crippen molar-refractivity contribution in [1.29, 1.82) is 0 Å². The second kappa shape index (κ2) is 4.60. The molecule has 0 saturated carbocycles. The minimum absolute atomic E-state index is 0.439. The van der Waals surface area contributed by atoms with Gasteiger partial charge in [-0.1, -0.05) is 0 Å². The summed E-state index contributed by atoms with van der Waals surface area (Å²) in [5.41, 5.74) is 4.09. The fraction of sp³-hybridized carbons (Fsp3) is 0.467. The number of rotatable bonds is 2. The van der Waals surface area contributed by atoms with Crippen molar-refractivity contribution in [1.82, 2.24) is 9.97 Å². The monoisotopic (exact) mass is 271 g/mol. The smallest absolute Gasteiger partial charge is 0.133 e. The predicted molar refractivity (Wildman–Crippen MR) is 77.7 cm³/mol. The predicted octanol–water partition coefficient (Wildman–Crippen LogP) is 3.52. The van der Waals surface area contributed by atoms with E-state index in [2.05, 4.69) is 26.7 Å². The van der Waals surface area contributed by atoms with Crippen LogP contribution in [0.3, 0.4) is 0 Å². The Bertz CT molecular complexity index is 605. The van der Waals surface area contributed by atoms with Crippen LogP contribution in [0.15, 0.2) is 17.8 Å². The highest BCUT2D eigenvalue weighted by Crippen LogP contribution is 2.36. The molecule has 2 heterocycles. The molecule has 2 aliphatic rings. The van der Waals surface area contributed by atoms with Crippen LogP contribution in [0.1, 0.15) is 47.0 Å². The highest BCUT2D eigenvalue weighted by atomic mass is 32.1. The zero-order valence-electron chi connectivity index (χ0n) is 10.9. The van der Waals surface area contributed by atoms with E-state index in [0.29, 0.717) is 6.04 Å². The molecule has 0 bridgehead atoms. The Morgan fingerprint density at radius 1 is 1.16 bits per heavy atom. The van der Waals surface area contributed by atoms with Crippen molar-refractivity contribution < 1.29 is 0 Å². The first-order valence-electron chi connectivity index (χ1n) is 7.07. The van der Waals surface area contributed by atoms with E-state index in [1.165, 1.54) is 42.5 Å². The van der Waals surface area contributed by atoms with Crippen molar-refractivity contribution in [2.24, 2.45) is 0 Å². The van der Waals surface area contributed by atoms with Crippen molar-refractivity contribution in [3.8, 4) is 0 Å². The molecule has 0 aliphatic heterocycles. The average Bonchev–Trinajstić information content (AvgIpc) is 3.08. The average molecular weight is 271 g/mol. The van der Waals surface area contributed by atoms with E-state index in [4.69, 9.17) is 0 Å². The van der Waals surface area contributed by atoms with Gasteiger partial charge in [-0.25, -0.2) is 9.97 Å². The lowest BCUT2D eigenvalue weighted by Crippen LogP contribution is -2.17. The third-order valence-electron chi connectivity index (χ3n) is 4.24. The molecule has 4 heteroatoms. The summed E-state index contributed by atoms with van der Waals surface area (Å²) in [6.07, 6.45) is 8.90. The molecule has 2 aromatic heterocycles. The van der Waals surface area contributed by atoms with Crippen LogP contribution in [0.2, 0.25) is 0 Å². The number of anilines is 1. The number of thiophene rings is 1. The molecule has 3 nitrogen and oxygen atoms in total. The number of fused-ring (bicyclic) bond motifs is 2. The zero-order valence-corrected chi connectivity index (χ0v) is 11.7. The quantitative estimate of drug-likeness (QED) is 0.908. The highest BCUT2D eigenvalue weighted by molar-refractivity contribution is 7.10. The lowest BCUT2D eigenvalue weighted by molar-refractivity contribution is 0.606. The minimum Gasteiger partial charge on any atom is -0.363 e. The molecule has 19 heavy (non-hydrogen) atoms. The van der Waals surface area contributed by atoms with Crippen LogP contribution in [0.4, 0.5) is 5.82 Å². The second-order valence-electron chi connectivity index (χ2n) is 5.39. The molecular weight excluding hydrogens is 254 g/mol. The summed E-state index contributed by atoms with van der Waals surface area (Å²) in [5.74, 6) is 1.08. The lowest BCUT2D eigenvalue weighted by Gasteiger charge is -2.25. The standard InChI is InChI=1S/C15H17N3S/c1-3-11-12(4-1)16-9-17-15(11)18-13-5-2-6-14-10(13)7-8-19-14/h7-9,13H,1-6H2,(H,16,17,18). The van der Waals surface area contributed by atoms with Gasteiger partial charge in [-0.15, -0.1) is 11.3 Å². The first-order valence-corrected chi connectivity index (χ1v) is 7.95. The Hall–Kier alpha value is -1.42. The Labute approximate surface area is 117 Å². The largest absolute Gasteiger partial charge is 0.363 e. The second-order valence-corrected chi connectivity index (χ2v) is 6.39. The molecule has 0 spiro atoms. The molecule has 2 aliphatic carbocycles. The normalized spacial score (nSPS) is 20.9. The number of hydrogen-bond acceptors (Lipinski definition) is 4. The molecule has 1 unspecified atom stereocenters. The van der Waals surface area contributed by atoms with Crippen molar-refractivity contribution in [2.75, 3.05) is 5.32 Å². The third-order valence-corrected chi connectivity index (χ3v) is 5.23. The summed E-state index contributed by atoms with van der Waals surface area (Å²) < 4.78 is 0. The van der Waals surface area contributed by atoms with Gasteiger partial charge in [0.15, 0.2) is 0 Å². The number of aryl methyl sites for hydroxylation is 2. The van der Waals surface area contributed by atoms with Crippen LogP contribution in [-0.4, -0.2) is 9.97 Å². The summed E-state index contributed by atoms with van der Waals surface area (Å²) in [7, 11) is 0. The van der Waals surface area contributed by atoms with Crippen molar-refractivity contribution in [3.05, 3.63) is 39.5 Å². The number of nitrogens with one attached hydrogen (secondary N) is 1. The number of aromatic nitrogens is 2. The Kier molecular flexibility index (Phi) is 2.76. The molecule has 1 N–H and O–H groups in total. The van der Waals surface area contributed by atoms with Gasteiger partial charge in [-0.3, -0.25) is 0 Å². The summed E-state index contributed by atoms with van der Waals surface area (Å²) in [6.45, 7) is 0. The summed E-state index contributed by atoms with van der Waals surface area (Å²) in [6, 6.07) is 2.72. The fourth-order valence-corrected chi connectivity index (χ4v) is 4.27. The maximum Gasteiger partial charge on any atom is 0.133 e. The summed E-state index contributed by atoms with van der Waals surface area (Å²) in [4.78, 5) is 10.4. The van der Waals surface area contributed by atoms with Crippen LogP contribution in [-0.2, 0) is 19.3 Å². The lowest BCUT2D eigenvalue weighted by atomic mass is 9.94. The maximum atomic E-state index is 4.48. The van der Waals surface area contributed by atoms with Crippen molar-refractivity contribution >= 4 is 17.2 Å². The van der Waals surface area contributed by atoms with Gasteiger partial charge in [-0.2, -0.15) is 0 Å². The Balaban J connectivity index is 1.65. The van der Waals surface area contributed by atoms with Crippen molar-refractivity contribution in [2.45, 2.75) is 44.6 Å². The molecule has 4 rings (SSSR count). The van der Waals surface area contributed by atoms with E-state index >= 15 is 0 Å². The third kappa shape index (κ3) is 1.94. The SMILES string of the molecule is c1nc2c(c(NC3CCCc4sccc43)n1)CCC2. The molecule has 0 saturated heterocycles. The molecule has 0 radical (unpaired) electrons. The van der Waals surface area contributed by atoms with Gasteiger partial charge >= 0.3 is 0 Å². The minimum atomic E-state index is 0.439. The topological polar surface area (TPSA) is 37.8 Å². The van der Waals surface area contributed by atoms with E-state index < -0.39 is 0 Å². The molecule has 0 amide bonds. The molecule has 0 aromatic carbocycles. The van der Waals surface area contributed by atoms with Gasteiger partial charge in [-0.05, 0) is 55.5 Å². The first-order chi connectivity index (χ1) is 9.42. The summed E-state index contributed by atoms with van der Waals surface area (Å²) >= 11 is 1.89. The van der Waals surface area contributed by atoms with E-state index in [0.717, 1.165) is 18.7 Å². The van der Waals surface area contributed by atoms with Gasteiger partial charge in [0, 0.05) is 16.1 Å². The number of hydrogen-bond donors (Lipinski definition) is 1. The van der Waals surface area contributed by atoms with Crippen LogP contribution in [0, 0.1) is 0 Å². The van der Waals surface area contributed by atoms with Gasteiger partial charge < -0.3 is 5.32 Å². The van der Waals surface area contributed by atoms with Gasteiger partial charge in [0.2, 0.25) is 0 Å². The molecular formula is C15H17N3S. The van der Waals surface area contributed by atoms with Gasteiger partial charge in [0.25, 0.3) is 0 Å². The Morgan fingerprint density at radius 3 is 3.16 bits per heavy atom. The number of nitrogens with zero attached hydrogens (tertiary/aromatic N) is 2. The van der Waals surface area contributed by atoms with Gasteiger partial charge in [0.05, 0.1) is 6.04 Å². The summed E-state index contributed by atoms with van der Waals surface area (Å²) in [5, 5.41) is 5.90. The fourth-order valence-electron chi connectivity index (χ4n) is 3.29. The van der Waals surface area contributed by atoms with Crippen LogP contribution in [0.5, 0.6) is 0 Å². The molecule has 98 valence electrons. The first kappa shape index (κ1) is 11.4. The van der Waals surface area contributed by atoms with E-state index in [-0.39, 0.29) is 0 Å². The van der Waals surface area contributed by atoms with E-state index in [1.54, 1.807) is 11.2 Å². The van der Waals surface area contributed by atoms with E-state index in [9.17, 15) is 0 Å². The van der Waals surface area contributed by atoms with Crippen LogP contribution >= 0.6 is 11.3 Å². The molecule has 2 aromatic rings. The zero-order chi connectivity index (χ0) is 12.7. The van der Waals surface area contributed by atoms with Crippen LogP contribution in [0.25, 0.3) is 0 Å². The highest BCUT2D eigenvalue weighted by Gasteiger charge is 2.24. The maximum absolute atomic E-state index is 4.48.